The zero-order valence-electron chi connectivity index (χ0n) is 13.3. The molecule has 1 atom stereocenters. The van der Waals surface area contributed by atoms with Crippen LogP contribution in [0, 0.1) is 11.3 Å². The molecule has 0 N–H and O–H groups in total. The van der Waals surface area contributed by atoms with Gasteiger partial charge in [-0.05, 0) is 45.3 Å². The fraction of sp³-hybridized carbons (Fsp3) is 0.421. The highest BCUT2D eigenvalue weighted by Crippen LogP contribution is 2.44. The fourth-order valence-electron chi connectivity index (χ4n) is 3.30. The third kappa shape index (κ3) is 2.55. The van der Waals surface area contributed by atoms with Gasteiger partial charge in [0.2, 0.25) is 0 Å². The van der Waals surface area contributed by atoms with E-state index in [4.69, 9.17) is 4.74 Å². The number of ether oxygens (including phenoxy) is 1. The Kier molecular flexibility index (Phi) is 4.04. The van der Waals surface area contributed by atoms with Gasteiger partial charge in [0.05, 0.1) is 18.1 Å². The molecule has 3 heteroatoms. The number of rotatable bonds is 3. The topological polar surface area (TPSA) is 36.3 Å². The number of hydrogen-bond acceptors (Lipinski definition) is 3. The summed E-state index contributed by atoms with van der Waals surface area (Å²) in [6, 6.07) is 15.1. The summed E-state index contributed by atoms with van der Waals surface area (Å²) < 4.78 is 6.06. The molecule has 0 fully saturated rings. The minimum Gasteiger partial charge on any atom is -0.493 e. The molecule has 0 aliphatic carbocycles. The molecule has 1 unspecified atom stereocenters. The lowest BCUT2D eigenvalue weighted by molar-refractivity contribution is 0.312. The van der Waals surface area contributed by atoms with Crippen molar-refractivity contribution in [3.05, 3.63) is 42.0 Å². The Morgan fingerprint density at radius 2 is 2.05 bits per heavy atom. The molecular weight excluding hydrogens is 272 g/mol. The van der Waals surface area contributed by atoms with E-state index in [0.717, 1.165) is 42.5 Å². The van der Waals surface area contributed by atoms with Crippen LogP contribution in [0.2, 0.25) is 0 Å². The maximum Gasteiger partial charge on any atom is 0.131 e. The Bertz CT molecular complexity index is 717. The van der Waals surface area contributed by atoms with Gasteiger partial charge in [-0.25, -0.2) is 0 Å². The van der Waals surface area contributed by atoms with Crippen molar-refractivity contribution in [2.45, 2.75) is 24.7 Å². The Balaban J connectivity index is 2.15. The van der Waals surface area contributed by atoms with E-state index in [2.05, 4.69) is 49.3 Å². The molecule has 0 radical (unpaired) electrons. The van der Waals surface area contributed by atoms with E-state index in [1.54, 1.807) is 0 Å². The molecule has 0 amide bonds. The Morgan fingerprint density at radius 1 is 1.23 bits per heavy atom. The van der Waals surface area contributed by atoms with Crippen molar-refractivity contribution < 1.29 is 4.74 Å². The monoisotopic (exact) mass is 294 g/mol. The summed E-state index contributed by atoms with van der Waals surface area (Å²) in [5, 5.41) is 12.3. The number of nitriles is 1. The van der Waals surface area contributed by atoms with E-state index in [-0.39, 0.29) is 0 Å². The molecular formula is C19H22N2O. The SMILES string of the molecule is CN(C)CCC1(C#N)CCCOc2c1ccc1ccccc21. The lowest BCUT2D eigenvalue weighted by Crippen LogP contribution is -2.29. The molecule has 1 aliphatic heterocycles. The second kappa shape index (κ2) is 5.98. The van der Waals surface area contributed by atoms with Gasteiger partial charge >= 0.3 is 0 Å². The Labute approximate surface area is 132 Å². The van der Waals surface area contributed by atoms with Gasteiger partial charge in [-0.1, -0.05) is 36.4 Å². The zero-order valence-corrected chi connectivity index (χ0v) is 13.3. The predicted octanol–water partition coefficient (Wildman–Crippen LogP) is 3.73. The molecule has 22 heavy (non-hydrogen) atoms. The quantitative estimate of drug-likeness (QED) is 0.865. The van der Waals surface area contributed by atoms with Gasteiger partial charge in [-0.15, -0.1) is 0 Å². The molecule has 0 bridgehead atoms. The lowest BCUT2D eigenvalue weighted by Gasteiger charge is -2.28. The highest BCUT2D eigenvalue weighted by atomic mass is 16.5. The number of nitrogens with zero attached hydrogens (tertiary/aromatic N) is 2. The van der Waals surface area contributed by atoms with Crippen LogP contribution in [0.5, 0.6) is 5.75 Å². The fourth-order valence-corrected chi connectivity index (χ4v) is 3.30. The van der Waals surface area contributed by atoms with Crippen LogP contribution < -0.4 is 4.74 Å². The third-order valence-corrected chi connectivity index (χ3v) is 4.59. The molecule has 0 saturated heterocycles. The number of fused-ring (bicyclic) bond motifs is 3. The largest absolute Gasteiger partial charge is 0.493 e. The maximum atomic E-state index is 9.97. The minimum atomic E-state index is -0.444. The minimum absolute atomic E-state index is 0.444. The summed E-state index contributed by atoms with van der Waals surface area (Å²) in [6.07, 6.45) is 2.62. The molecule has 114 valence electrons. The first kappa shape index (κ1) is 14.9. The van der Waals surface area contributed by atoms with Crippen molar-refractivity contribution in [1.29, 1.82) is 5.26 Å². The molecule has 1 heterocycles. The van der Waals surface area contributed by atoms with Gasteiger partial charge < -0.3 is 9.64 Å². The van der Waals surface area contributed by atoms with Crippen molar-refractivity contribution in [2.75, 3.05) is 27.2 Å². The van der Waals surface area contributed by atoms with Crippen LogP contribution >= 0.6 is 0 Å². The number of hydrogen-bond donors (Lipinski definition) is 0. The van der Waals surface area contributed by atoms with E-state index in [1.807, 2.05) is 12.1 Å². The summed E-state index contributed by atoms with van der Waals surface area (Å²) in [6.45, 7) is 1.59. The summed E-state index contributed by atoms with van der Waals surface area (Å²) in [5.41, 5.74) is 0.619. The average molecular weight is 294 g/mol. The highest BCUT2D eigenvalue weighted by Gasteiger charge is 2.37. The first-order valence-corrected chi connectivity index (χ1v) is 7.87. The molecule has 2 aromatic carbocycles. The summed E-state index contributed by atoms with van der Waals surface area (Å²) in [7, 11) is 4.11. The molecule has 3 rings (SSSR count). The highest BCUT2D eigenvalue weighted by molar-refractivity contribution is 5.90. The van der Waals surface area contributed by atoms with E-state index in [9.17, 15) is 5.26 Å². The van der Waals surface area contributed by atoms with E-state index < -0.39 is 5.41 Å². The van der Waals surface area contributed by atoms with Crippen molar-refractivity contribution in [3.63, 3.8) is 0 Å². The lowest BCUT2D eigenvalue weighted by atomic mass is 9.74. The van der Waals surface area contributed by atoms with E-state index in [1.165, 1.54) is 5.39 Å². The van der Waals surface area contributed by atoms with E-state index >= 15 is 0 Å². The third-order valence-electron chi connectivity index (χ3n) is 4.59. The molecule has 0 aromatic heterocycles. The van der Waals surface area contributed by atoms with Crippen LogP contribution in [0.25, 0.3) is 10.8 Å². The van der Waals surface area contributed by atoms with E-state index in [0.29, 0.717) is 6.61 Å². The second-order valence-corrected chi connectivity index (χ2v) is 6.36. The predicted molar refractivity (Wildman–Crippen MR) is 89.1 cm³/mol. The van der Waals surface area contributed by atoms with Crippen LogP contribution in [0.3, 0.4) is 0 Å². The van der Waals surface area contributed by atoms with Crippen LogP contribution in [0.4, 0.5) is 0 Å². The van der Waals surface area contributed by atoms with Gasteiger partial charge in [-0.2, -0.15) is 5.26 Å². The first-order valence-electron chi connectivity index (χ1n) is 7.87. The van der Waals surface area contributed by atoms with Crippen molar-refractivity contribution >= 4 is 10.8 Å². The zero-order chi connectivity index (χ0) is 15.6. The van der Waals surface area contributed by atoms with Crippen LogP contribution in [0.1, 0.15) is 24.8 Å². The van der Waals surface area contributed by atoms with Gasteiger partial charge in [0.25, 0.3) is 0 Å². The van der Waals surface area contributed by atoms with Gasteiger partial charge in [0.15, 0.2) is 0 Å². The van der Waals surface area contributed by atoms with Crippen LogP contribution in [-0.2, 0) is 5.41 Å². The maximum absolute atomic E-state index is 9.97. The van der Waals surface area contributed by atoms with Crippen molar-refractivity contribution in [3.8, 4) is 11.8 Å². The molecule has 1 aliphatic rings. The Hall–Kier alpha value is -2.05. The molecule has 0 saturated carbocycles. The van der Waals surface area contributed by atoms with Crippen LogP contribution in [0.15, 0.2) is 36.4 Å². The number of benzene rings is 2. The second-order valence-electron chi connectivity index (χ2n) is 6.36. The Morgan fingerprint density at radius 3 is 2.82 bits per heavy atom. The summed E-state index contributed by atoms with van der Waals surface area (Å²) in [5.74, 6) is 0.913. The standard InChI is InChI=1S/C19H22N2O/c1-21(2)12-11-19(14-20)10-5-13-22-18-16-7-4-3-6-15(16)8-9-17(18)19/h3-4,6-9H,5,10-13H2,1-2H3. The first-order chi connectivity index (χ1) is 10.7. The summed E-state index contributed by atoms with van der Waals surface area (Å²) >= 11 is 0. The van der Waals surface area contributed by atoms with Gasteiger partial charge in [0, 0.05) is 10.9 Å². The summed E-state index contributed by atoms with van der Waals surface area (Å²) in [4.78, 5) is 2.14. The van der Waals surface area contributed by atoms with Gasteiger partial charge in [0.1, 0.15) is 5.75 Å². The smallest absolute Gasteiger partial charge is 0.131 e. The van der Waals surface area contributed by atoms with Crippen LogP contribution in [-0.4, -0.2) is 32.1 Å². The van der Waals surface area contributed by atoms with Crippen molar-refractivity contribution in [2.24, 2.45) is 0 Å². The molecule has 2 aromatic rings. The normalized spacial score (nSPS) is 21.0. The molecule has 0 spiro atoms. The molecule has 3 nitrogen and oxygen atoms in total. The van der Waals surface area contributed by atoms with Gasteiger partial charge in [-0.3, -0.25) is 0 Å². The average Bonchev–Trinajstić information content (AvgIpc) is 2.73. The van der Waals surface area contributed by atoms with Crippen molar-refractivity contribution in [1.82, 2.24) is 4.90 Å².